The fourth-order valence-electron chi connectivity index (χ4n) is 3.64. The monoisotopic (exact) mass is 389 g/mol. The summed E-state index contributed by atoms with van der Waals surface area (Å²) in [6.45, 7) is 4.26. The first kappa shape index (κ1) is 19.7. The Morgan fingerprint density at radius 1 is 0.567 bits per heavy atom. The molecule has 0 heterocycles. The van der Waals surface area contributed by atoms with Crippen molar-refractivity contribution in [1.29, 1.82) is 0 Å². The van der Waals surface area contributed by atoms with Crippen LogP contribution in [-0.2, 0) is 0 Å². The van der Waals surface area contributed by atoms with Gasteiger partial charge in [0.15, 0.2) is 0 Å². The zero-order chi connectivity index (χ0) is 20.8. The topological polar surface area (TPSA) is 3.24 Å². The Hall–Kier alpha value is -3.58. The number of anilines is 2. The third-order valence-electron chi connectivity index (χ3n) is 5.31. The third kappa shape index (κ3) is 4.69. The molecule has 0 aliphatic carbocycles. The molecule has 0 spiro atoms. The summed E-state index contributed by atoms with van der Waals surface area (Å²) in [5.74, 6) is 0. The van der Waals surface area contributed by atoms with Crippen molar-refractivity contribution < 1.29 is 0 Å². The van der Waals surface area contributed by atoms with Gasteiger partial charge in [-0.25, -0.2) is 0 Å². The van der Waals surface area contributed by atoms with Crippen molar-refractivity contribution in [2.24, 2.45) is 0 Å². The van der Waals surface area contributed by atoms with E-state index in [1.165, 1.54) is 33.6 Å². The van der Waals surface area contributed by atoms with Gasteiger partial charge in [0.05, 0.1) is 6.04 Å². The quantitative estimate of drug-likeness (QED) is 0.324. The van der Waals surface area contributed by atoms with E-state index in [1.54, 1.807) is 0 Å². The van der Waals surface area contributed by atoms with E-state index in [9.17, 15) is 0 Å². The Kier molecular flexibility index (Phi) is 6.10. The molecule has 1 atom stereocenters. The van der Waals surface area contributed by atoms with Crippen LogP contribution in [0.3, 0.4) is 0 Å². The van der Waals surface area contributed by atoms with Gasteiger partial charge in [-0.05, 0) is 49.2 Å². The van der Waals surface area contributed by atoms with Gasteiger partial charge in [-0.2, -0.15) is 0 Å². The summed E-state index contributed by atoms with van der Waals surface area (Å²) >= 11 is 0. The Morgan fingerprint density at radius 3 is 1.53 bits per heavy atom. The van der Waals surface area contributed by atoms with E-state index in [0.717, 1.165) is 0 Å². The largest absolute Gasteiger partial charge is 0.330 e. The number of nitrogens with zero attached hydrogens (tertiary/aromatic N) is 1. The fraction of sp³-hybridized carbons (Fsp3) is 0.103. The van der Waals surface area contributed by atoms with E-state index in [1.807, 2.05) is 0 Å². The molecule has 0 fully saturated rings. The predicted molar refractivity (Wildman–Crippen MR) is 129 cm³/mol. The van der Waals surface area contributed by atoms with E-state index < -0.39 is 0 Å². The van der Waals surface area contributed by atoms with Gasteiger partial charge in [0, 0.05) is 11.4 Å². The van der Waals surface area contributed by atoms with Gasteiger partial charge in [-0.15, -0.1) is 0 Å². The first-order valence-corrected chi connectivity index (χ1v) is 10.4. The van der Waals surface area contributed by atoms with Gasteiger partial charge >= 0.3 is 0 Å². The van der Waals surface area contributed by atoms with Crippen molar-refractivity contribution in [3.8, 4) is 0 Å². The molecule has 0 N–H and O–H groups in total. The van der Waals surface area contributed by atoms with E-state index in [2.05, 4.69) is 140 Å². The molecule has 4 aromatic rings. The van der Waals surface area contributed by atoms with Gasteiger partial charge in [0.2, 0.25) is 0 Å². The maximum Gasteiger partial charge on any atom is 0.0778 e. The van der Waals surface area contributed by atoms with Crippen LogP contribution in [0.5, 0.6) is 0 Å². The molecule has 0 aliphatic heterocycles. The highest BCUT2D eigenvalue weighted by molar-refractivity contribution is 5.68. The highest BCUT2D eigenvalue weighted by Crippen LogP contribution is 2.36. The van der Waals surface area contributed by atoms with Crippen LogP contribution < -0.4 is 4.90 Å². The Morgan fingerprint density at radius 2 is 1.03 bits per heavy atom. The SMILES string of the molecule is Cc1ccc(N(c2ccc(C)cc2)C(/C=C/c2ccccc2)c2ccccc2)cc1. The van der Waals surface area contributed by atoms with E-state index in [4.69, 9.17) is 0 Å². The third-order valence-corrected chi connectivity index (χ3v) is 5.31. The second-order valence-corrected chi connectivity index (χ2v) is 7.67. The molecule has 0 amide bonds. The molecule has 0 saturated heterocycles. The number of hydrogen-bond acceptors (Lipinski definition) is 1. The smallest absolute Gasteiger partial charge is 0.0778 e. The van der Waals surface area contributed by atoms with Crippen molar-refractivity contribution in [2.45, 2.75) is 19.9 Å². The summed E-state index contributed by atoms with van der Waals surface area (Å²) in [5, 5.41) is 0. The van der Waals surface area contributed by atoms with Crippen molar-refractivity contribution in [3.05, 3.63) is 138 Å². The summed E-state index contributed by atoms with van der Waals surface area (Å²) in [4.78, 5) is 2.41. The van der Waals surface area contributed by atoms with Crippen LogP contribution in [0.2, 0.25) is 0 Å². The van der Waals surface area contributed by atoms with E-state index in [0.29, 0.717) is 0 Å². The highest BCUT2D eigenvalue weighted by atomic mass is 15.2. The van der Waals surface area contributed by atoms with Crippen molar-refractivity contribution >= 4 is 17.5 Å². The van der Waals surface area contributed by atoms with Gasteiger partial charge < -0.3 is 4.90 Å². The fourth-order valence-corrected chi connectivity index (χ4v) is 3.64. The molecular formula is C29H27N. The number of benzene rings is 4. The van der Waals surface area contributed by atoms with Crippen LogP contribution in [0.15, 0.2) is 115 Å². The second-order valence-electron chi connectivity index (χ2n) is 7.67. The minimum Gasteiger partial charge on any atom is -0.330 e. The predicted octanol–water partition coefficient (Wildman–Crippen LogP) is 7.90. The average Bonchev–Trinajstić information content (AvgIpc) is 2.80. The molecule has 0 bridgehead atoms. The van der Waals surface area contributed by atoms with Gasteiger partial charge in [0.25, 0.3) is 0 Å². The molecule has 148 valence electrons. The standard InChI is InChI=1S/C29H27N/c1-23-13-18-27(19-14-23)30(28-20-15-24(2)16-21-28)29(26-11-7-4-8-12-26)22-17-25-9-5-3-6-10-25/h3-22,29H,1-2H3/b22-17+. The lowest BCUT2D eigenvalue weighted by molar-refractivity contribution is 0.854. The molecule has 4 aromatic carbocycles. The molecule has 0 aromatic heterocycles. The summed E-state index contributed by atoms with van der Waals surface area (Å²) in [6.07, 6.45) is 4.51. The minimum absolute atomic E-state index is 0.0665. The lowest BCUT2D eigenvalue weighted by Crippen LogP contribution is -2.22. The summed E-state index contributed by atoms with van der Waals surface area (Å²) < 4.78 is 0. The van der Waals surface area contributed by atoms with Crippen molar-refractivity contribution in [3.63, 3.8) is 0 Å². The summed E-state index contributed by atoms with van der Waals surface area (Å²) in [7, 11) is 0. The van der Waals surface area contributed by atoms with E-state index in [-0.39, 0.29) is 6.04 Å². The van der Waals surface area contributed by atoms with Crippen molar-refractivity contribution in [2.75, 3.05) is 4.90 Å². The molecule has 0 saturated carbocycles. The molecule has 1 unspecified atom stereocenters. The van der Waals surface area contributed by atoms with Crippen LogP contribution in [0.4, 0.5) is 11.4 Å². The lowest BCUT2D eigenvalue weighted by Gasteiger charge is -2.33. The maximum atomic E-state index is 2.41. The minimum atomic E-state index is 0.0665. The first-order valence-electron chi connectivity index (χ1n) is 10.4. The number of aryl methyl sites for hydroxylation is 2. The van der Waals surface area contributed by atoms with Crippen LogP contribution >= 0.6 is 0 Å². The van der Waals surface area contributed by atoms with Crippen molar-refractivity contribution in [1.82, 2.24) is 0 Å². The molecule has 1 nitrogen and oxygen atoms in total. The Labute approximate surface area is 179 Å². The lowest BCUT2D eigenvalue weighted by atomic mass is 10.0. The van der Waals surface area contributed by atoms with Crippen LogP contribution in [0, 0.1) is 13.8 Å². The van der Waals surface area contributed by atoms with Crippen LogP contribution in [0.1, 0.15) is 28.3 Å². The molecule has 1 heteroatoms. The molecule has 0 aliphatic rings. The maximum absolute atomic E-state index is 2.41. The average molecular weight is 390 g/mol. The van der Waals surface area contributed by atoms with Crippen LogP contribution in [-0.4, -0.2) is 0 Å². The van der Waals surface area contributed by atoms with Crippen LogP contribution in [0.25, 0.3) is 6.08 Å². The highest BCUT2D eigenvalue weighted by Gasteiger charge is 2.20. The summed E-state index contributed by atoms with van der Waals surface area (Å²) in [6, 6.07) is 38.8. The number of rotatable bonds is 6. The van der Waals surface area contributed by atoms with Gasteiger partial charge in [-0.1, -0.05) is 108 Å². The first-order chi connectivity index (χ1) is 14.7. The van der Waals surface area contributed by atoms with Gasteiger partial charge in [0.1, 0.15) is 0 Å². The Bertz CT molecular complexity index is 1030. The molecule has 30 heavy (non-hydrogen) atoms. The zero-order valence-corrected chi connectivity index (χ0v) is 17.6. The number of hydrogen-bond donors (Lipinski definition) is 0. The molecular weight excluding hydrogens is 362 g/mol. The molecule has 0 radical (unpaired) electrons. The van der Waals surface area contributed by atoms with E-state index >= 15 is 0 Å². The summed E-state index contributed by atoms with van der Waals surface area (Å²) in [5.41, 5.74) is 7.33. The normalized spacial score (nSPS) is 12.1. The molecule has 4 rings (SSSR count). The second kappa shape index (κ2) is 9.28. The van der Waals surface area contributed by atoms with Gasteiger partial charge in [-0.3, -0.25) is 0 Å². The Balaban J connectivity index is 1.84. The zero-order valence-electron chi connectivity index (χ0n) is 17.6.